The van der Waals surface area contributed by atoms with Crippen molar-refractivity contribution >= 4 is 105 Å². The van der Waals surface area contributed by atoms with Gasteiger partial charge in [-0.2, -0.15) is 0 Å². The van der Waals surface area contributed by atoms with E-state index in [1.54, 1.807) is 95.3 Å². The Morgan fingerprint density at radius 2 is 0.589 bits per heavy atom. The van der Waals surface area contributed by atoms with Crippen molar-refractivity contribution in [3.8, 4) is 0 Å². The minimum Gasteiger partial charge on any atom is -0.394 e. The molecule has 0 aliphatic carbocycles. The molecule has 0 radical (unpaired) electrons. The number of benzene rings is 1. The van der Waals surface area contributed by atoms with Gasteiger partial charge in [0.15, 0.2) is 0 Å². The summed E-state index contributed by atoms with van der Waals surface area (Å²) in [6, 6.07) is -13.2. The topological polar surface area (TPSA) is 692 Å². The summed E-state index contributed by atoms with van der Waals surface area (Å²) in [7, 11) is 0. The number of aromatic nitrogens is 1. The van der Waals surface area contributed by atoms with E-state index >= 15 is 4.79 Å². The predicted octanol–water partition coefficient (Wildman–Crippen LogP) is -2.65. The molecule has 732 valence electrons. The van der Waals surface area contributed by atoms with Crippen molar-refractivity contribution in [2.24, 2.45) is 75.6 Å². The van der Waals surface area contributed by atoms with Crippen LogP contribution in [0, 0.1) is 35.5 Å². The quantitative estimate of drug-likeness (QED) is 0.0301. The fourth-order valence-electron chi connectivity index (χ4n) is 14.3. The van der Waals surface area contributed by atoms with Crippen LogP contribution in [0.2, 0.25) is 0 Å². The second kappa shape index (κ2) is 62.3. The first-order valence-electron chi connectivity index (χ1n) is 45.9. The van der Waals surface area contributed by atoms with Crippen LogP contribution in [0.25, 0.3) is 10.9 Å². The van der Waals surface area contributed by atoms with Gasteiger partial charge in [0.05, 0.1) is 19.8 Å². The molecule has 41 nitrogen and oxygen atoms in total. The zero-order valence-corrected chi connectivity index (χ0v) is 78.2. The van der Waals surface area contributed by atoms with Gasteiger partial charge in [-0.05, 0) is 209 Å². The Balaban J connectivity index is 2.59. The zero-order valence-electron chi connectivity index (χ0n) is 78.2. The molecule has 0 bridgehead atoms. The van der Waals surface area contributed by atoms with Gasteiger partial charge in [0.2, 0.25) is 94.5 Å². The molecule has 16 amide bonds. The first-order valence-corrected chi connectivity index (χ1v) is 45.9. The lowest BCUT2D eigenvalue weighted by Gasteiger charge is -2.30. The number of hydrogen-bond donors (Lipinski definition) is 25. The fourth-order valence-corrected chi connectivity index (χ4v) is 14.3. The summed E-state index contributed by atoms with van der Waals surface area (Å²) in [5, 5.41) is 61.7. The molecular formula is C88H157N23O18. The largest absolute Gasteiger partial charge is 0.394 e. The van der Waals surface area contributed by atoms with Gasteiger partial charge in [-0.15, -0.1) is 0 Å². The van der Waals surface area contributed by atoms with Gasteiger partial charge in [-0.1, -0.05) is 114 Å². The maximum Gasteiger partial charge on any atom is 0.245 e. The van der Waals surface area contributed by atoms with Crippen molar-refractivity contribution in [2.75, 3.05) is 52.5 Å². The minimum absolute atomic E-state index is 0.00150. The van der Waals surface area contributed by atoms with E-state index in [0.29, 0.717) is 76.3 Å². The highest BCUT2D eigenvalue weighted by atomic mass is 16.3. The van der Waals surface area contributed by atoms with Crippen molar-refractivity contribution in [1.82, 2.24) is 84.7 Å². The van der Waals surface area contributed by atoms with E-state index in [1.807, 2.05) is 18.2 Å². The standard InChI is InChI=1S/C88H157N23O18/c1-14-53(11)72(110-71(114)45-94)88(129)107-67(43-52(9)10)83(124)108-70(48-113)86(127)109-69(47-112)85(126)105-66(42-51(7)8)82(123)104-65(41-50(5)6)81(122)102-61(32-20-25-37-91)76(117)99-62(33-21-26-38-92)78(119)103-64(40-49(3)4)80(121)101-60(31-19-24-36-90)77(118)100-63(34-22-27-39-93)79(120)106-68(44-56-46-96-58-29-17-16-28-57(56)58)84(125)111-73(54(12)15-2)87(128)97-55(13)75(116)98-59(74(95)115)30-18-23-35-89/h16-17,28-29,46,49-55,59-70,72-73,96,112-113H,14-15,18-27,30-45,47-48,89-94H2,1-13H3,(H2,95,115)(H,97,128)(H,98,116)(H,99,117)(H,100,118)(H,101,121)(H,102,122)(H,103,119)(H,104,123)(H,105,126)(H,106,120)(H,107,129)(H,108,124)(H,109,127)(H,110,114)(H,111,125)/t53-,54-,55-,59-,60-,61-,62-,63-,64-,65-,66-,67-,68-,69-,70-,72-,73-/m0/s1. The van der Waals surface area contributed by atoms with E-state index in [-0.39, 0.29) is 133 Å². The lowest BCUT2D eigenvalue weighted by molar-refractivity contribution is -0.137. The molecule has 0 saturated heterocycles. The molecule has 1 aromatic heterocycles. The number of amides is 16. The molecule has 0 aliphatic rings. The third kappa shape index (κ3) is 42.6. The zero-order chi connectivity index (χ0) is 97.2. The number of hydrogen-bond acceptors (Lipinski definition) is 24. The van der Waals surface area contributed by atoms with Gasteiger partial charge >= 0.3 is 0 Å². The molecular weight excluding hydrogens is 1670 g/mol. The van der Waals surface area contributed by atoms with Crippen molar-refractivity contribution in [3.63, 3.8) is 0 Å². The summed E-state index contributed by atoms with van der Waals surface area (Å²) in [5.74, 6) is -15.2. The smallest absolute Gasteiger partial charge is 0.245 e. The monoisotopic (exact) mass is 1820 g/mol. The maximum absolute atomic E-state index is 15.0. The molecule has 32 N–H and O–H groups in total. The average Bonchev–Trinajstić information content (AvgIpc) is 1.68. The highest BCUT2D eigenvalue weighted by Gasteiger charge is 2.40. The Kier molecular flexibility index (Phi) is 55.5. The maximum atomic E-state index is 15.0. The molecule has 129 heavy (non-hydrogen) atoms. The van der Waals surface area contributed by atoms with Gasteiger partial charge in [-0.3, -0.25) is 76.7 Å². The Labute approximate surface area is 759 Å². The minimum atomic E-state index is -1.79. The van der Waals surface area contributed by atoms with E-state index in [2.05, 4.69) is 84.7 Å². The van der Waals surface area contributed by atoms with E-state index in [9.17, 15) is 82.1 Å². The molecule has 1 aromatic carbocycles. The number of carbonyl (C=O) groups is 16. The van der Waals surface area contributed by atoms with Gasteiger partial charge < -0.3 is 135 Å². The van der Waals surface area contributed by atoms with Crippen LogP contribution in [-0.2, 0) is 83.1 Å². The van der Waals surface area contributed by atoms with Gasteiger partial charge in [0, 0.05) is 23.5 Å². The number of unbranched alkanes of at least 4 members (excludes halogenated alkanes) is 5. The van der Waals surface area contributed by atoms with E-state index in [4.69, 9.17) is 40.1 Å². The molecule has 2 aromatic rings. The summed E-state index contributed by atoms with van der Waals surface area (Å²) in [6.07, 6.45) is 6.38. The van der Waals surface area contributed by atoms with E-state index < -0.39 is 211 Å². The van der Waals surface area contributed by atoms with Gasteiger partial charge in [-0.25, -0.2) is 0 Å². The number of para-hydroxylation sites is 1. The third-order valence-corrected chi connectivity index (χ3v) is 22.2. The number of aliphatic hydroxyl groups is 2. The number of nitrogens with one attached hydrogen (secondary N) is 16. The molecule has 0 spiro atoms. The summed E-state index contributed by atoms with van der Waals surface area (Å²) >= 11 is 0. The second-order valence-electron chi connectivity index (χ2n) is 35.2. The van der Waals surface area contributed by atoms with Gasteiger partial charge in [0.25, 0.3) is 0 Å². The van der Waals surface area contributed by atoms with Crippen molar-refractivity contribution in [3.05, 3.63) is 36.0 Å². The molecule has 41 heteroatoms. The average molecular weight is 1830 g/mol. The first kappa shape index (κ1) is 115. The number of fused-ring (bicyclic) bond motifs is 1. The predicted molar refractivity (Wildman–Crippen MR) is 490 cm³/mol. The number of rotatable bonds is 67. The van der Waals surface area contributed by atoms with Crippen LogP contribution < -0.4 is 120 Å². The lowest BCUT2D eigenvalue weighted by atomic mass is 9.96. The van der Waals surface area contributed by atoms with E-state index in [0.717, 1.165) is 10.9 Å². The normalized spacial score (nSPS) is 15.4. The van der Waals surface area contributed by atoms with Crippen LogP contribution in [0.5, 0.6) is 0 Å². The van der Waals surface area contributed by atoms with Gasteiger partial charge in [0.1, 0.15) is 90.6 Å². The van der Waals surface area contributed by atoms with Crippen LogP contribution in [0.15, 0.2) is 30.5 Å². The first-order chi connectivity index (χ1) is 61.1. The SMILES string of the molecule is CC[C@H](C)[C@H](NC(=O)CN)C(=O)N[C@@H](CC(C)C)C(=O)N[C@@H](CO)C(=O)N[C@@H](CO)C(=O)N[C@@H](CC(C)C)C(=O)N[C@@H](CC(C)C)C(=O)N[C@@H](CCCCN)C(=O)N[C@@H](CCCCN)C(=O)N[C@@H](CC(C)C)C(=O)N[C@@H](CCCCN)C(=O)N[C@@H](CCCCN)C(=O)N[C@@H](Cc1c[nH]c2ccccc12)C(=O)N[C@H](C(=O)N[C@@H](C)C(=O)N[C@@H](CCCCN)C(N)=O)[C@@H](C)CC. The number of carbonyl (C=O) groups excluding carboxylic acids is 16. The highest BCUT2D eigenvalue weighted by molar-refractivity contribution is 6.01. The number of aliphatic hydroxyl groups excluding tert-OH is 2. The Morgan fingerprint density at radius 1 is 0.318 bits per heavy atom. The summed E-state index contributed by atoms with van der Waals surface area (Å²) < 4.78 is 0. The van der Waals surface area contributed by atoms with Crippen molar-refractivity contribution in [2.45, 2.75) is 322 Å². The van der Waals surface area contributed by atoms with E-state index in [1.165, 1.54) is 6.92 Å². The molecule has 1 heterocycles. The molecule has 0 unspecified atom stereocenters. The lowest BCUT2D eigenvalue weighted by Crippen LogP contribution is -2.62. The van der Waals surface area contributed by atoms with Crippen LogP contribution in [0.3, 0.4) is 0 Å². The molecule has 0 aliphatic heterocycles. The molecule has 0 fully saturated rings. The van der Waals surface area contributed by atoms with Crippen molar-refractivity contribution < 1.29 is 86.9 Å². The number of H-pyrrole nitrogens is 1. The fraction of sp³-hybridized carbons (Fsp3) is 0.727. The van der Waals surface area contributed by atoms with Crippen LogP contribution >= 0.6 is 0 Å². The summed E-state index contributed by atoms with van der Waals surface area (Å²) in [4.78, 5) is 230. The number of nitrogens with two attached hydrogens (primary N) is 7. The van der Waals surface area contributed by atoms with Crippen LogP contribution in [0.1, 0.15) is 230 Å². The van der Waals surface area contributed by atoms with Crippen LogP contribution in [-0.4, -0.2) is 253 Å². The Hall–Kier alpha value is -10.0. The van der Waals surface area contributed by atoms with Crippen molar-refractivity contribution in [1.29, 1.82) is 0 Å². The highest BCUT2D eigenvalue weighted by Crippen LogP contribution is 2.22. The van der Waals surface area contributed by atoms with Crippen LogP contribution in [0.4, 0.5) is 0 Å². The molecule has 17 atom stereocenters. The summed E-state index contributed by atoms with van der Waals surface area (Å²) in [6.45, 7) is 21.3. The number of aromatic amines is 1. The molecule has 0 saturated carbocycles. The second-order valence-corrected chi connectivity index (χ2v) is 35.2. The Bertz CT molecular complexity index is 3850. The summed E-state index contributed by atoms with van der Waals surface area (Å²) in [5.41, 5.74) is 41.8. The third-order valence-electron chi connectivity index (χ3n) is 22.2. The molecule has 2 rings (SSSR count). The Morgan fingerprint density at radius 3 is 0.907 bits per heavy atom. The number of primary amides is 1.